The van der Waals surface area contributed by atoms with E-state index in [1.54, 1.807) is 6.07 Å². The van der Waals surface area contributed by atoms with Gasteiger partial charge in [-0.3, -0.25) is 19.1 Å². The zero-order chi connectivity index (χ0) is 20.5. The Morgan fingerprint density at radius 3 is 2.70 bits per heavy atom. The van der Waals surface area contributed by atoms with Crippen molar-refractivity contribution in [1.29, 1.82) is 0 Å². The van der Waals surface area contributed by atoms with Crippen LogP contribution in [0.15, 0.2) is 10.9 Å². The molecule has 1 aromatic heterocycles. The molecule has 0 aromatic carbocycles. The van der Waals surface area contributed by atoms with Gasteiger partial charge in [-0.2, -0.15) is 0 Å². The molecular formula is C24H36N4O2. The Balaban J connectivity index is 1.19. The monoisotopic (exact) mass is 412 g/mol. The van der Waals surface area contributed by atoms with Gasteiger partial charge in [0.2, 0.25) is 5.91 Å². The van der Waals surface area contributed by atoms with E-state index in [9.17, 15) is 9.59 Å². The standard InChI is InChI=1S/C24H36N4O2/c29-23-14-21(25-22-8-2-1-5-11-28(22)23)20-9-12-26(15-20)17-24(30)27-13-10-18-6-3-4-7-19(18)16-27/h14,18-20H,1-13,15-17H2/t18-,19+,20+/m0/s1. The molecule has 3 aliphatic heterocycles. The first kappa shape index (κ1) is 20.2. The lowest BCUT2D eigenvalue weighted by molar-refractivity contribution is -0.135. The third-order valence-electron chi connectivity index (χ3n) is 8.08. The molecular weight excluding hydrogens is 376 g/mol. The summed E-state index contributed by atoms with van der Waals surface area (Å²) in [7, 11) is 0. The number of hydrogen-bond acceptors (Lipinski definition) is 4. The molecule has 5 rings (SSSR count). The van der Waals surface area contributed by atoms with Gasteiger partial charge >= 0.3 is 0 Å². The van der Waals surface area contributed by atoms with Crippen LogP contribution in [-0.2, 0) is 17.8 Å². The Kier molecular flexibility index (Phi) is 5.94. The molecule has 1 aliphatic carbocycles. The smallest absolute Gasteiger partial charge is 0.253 e. The van der Waals surface area contributed by atoms with E-state index >= 15 is 0 Å². The average molecular weight is 413 g/mol. The Morgan fingerprint density at radius 1 is 0.933 bits per heavy atom. The Hall–Kier alpha value is -1.69. The zero-order valence-electron chi connectivity index (χ0n) is 18.2. The van der Waals surface area contributed by atoms with Crippen LogP contribution in [0.5, 0.6) is 0 Å². The summed E-state index contributed by atoms with van der Waals surface area (Å²) in [5.41, 5.74) is 1.06. The molecule has 1 saturated carbocycles. The van der Waals surface area contributed by atoms with Crippen LogP contribution in [-0.4, -0.2) is 58.0 Å². The fourth-order valence-electron chi connectivity index (χ4n) is 6.28. The summed E-state index contributed by atoms with van der Waals surface area (Å²) in [4.78, 5) is 34.9. The largest absolute Gasteiger partial charge is 0.341 e. The Morgan fingerprint density at radius 2 is 1.80 bits per heavy atom. The van der Waals surface area contributed by atoms with E-state index in [2.05, 4.69) is 9.80 Å². The lowest BCUT2D eigenvalue weighted by Crippen LogP contribution is -2.48. The van der Waals surface area contributed by atoms with E-state index in [0.717, 1.165) is 81.8 Å². The van der Waals surface area contributed by atoms with Gasteiger partial charge in [0.15, 0.2) is 0 Å². The molecule has 0 unspecified atom stereocenters. The number of piperidine rings is 1. The second kappa shape index (κ2) is 8.81. The normalized spacial score (nSPS) is 29.9. The molecule has 0 N–H and O–H groups in total. The molecule has 6 nitrogen and oxygen atoms in total. The van der Waals surface area contributed by atoms with Gasteiger partial charge in [0, 0.05) is 44.6 Å². The Bertz CT molecular complexity index is 835. The SMILES string of the molecule is O=C(CN1CC[C@@H](c2cc(=O)n3c(n2)CCCCC3)C1)N1CC[C@@H]2CCCC[C@@H]2C1. The van der Waals surface area contributed by atoms with Gasteiger partial charge in [-0.15, -0.1) is 0 Å². The predicted molar refractivity (Wildman–Crippen MR) is 116 cm³/mol. The van der Waals surface area contributed by atoms with E-state index in [-0.39, 0.29) is 11.5 Å². The highest BCUT2D eigenvalue weighted by Gasteiger charge is 2.34. The molecule has 1 aromatic rings. The topological polar surface area (TPSA) is 58.4 Å². The number of rotatable bonds is 3. The Labute approximate surface area is 179 Å². The number of amides is 1. The van der Waals surface area contributed by atoms with Gasteiger partial charge in [-0.25, -0.2) is 4.98 Å². The van der Waals surface area contributed by atoms with Gasteiger partial charge in [-0.05, 0) is 50.5 Å². The summed E-state index contributed by atoms with van der Waals surface area (Å²) in [5.74, 6) is 3.15. The maximum Gasteiger partial charge on any atom is 0.253 e. The number of hydrogen-bond donors (Lipinski definition) is 0. The summed E-state index contributed by atoms with van der Waals surface area (Å²) in [6, 6.07) is 1.76. The molecule has 3 fully saturated rings. The summed E-state index contributed by atoms with van der Waals surface area (Å²) in [6.45, 7) is 5.03. The molecule has 164 valence electrons. The number of nitrogens with zero attached hydrogens (tertiary/aromatic N) is 4. The molecule has 0 spiro atoms. The van der Waals surface area contributed by atoms with E-state index in [1.165, 1.54) is 38.5 Å². The molecule has 30 heavy (non-hydrogen) atoms. The van der Waals surface area contributed by atoms with Crippen molar-refractivity contribution < 1.29 is 4.79 Å². The first-order valence-electron chi connectivity index (χ1n) is 12.3. The van der Waals surface area contributed by atoms with Crippen LogP contribution in [0, 0.1) is 11.8 Å². The maximum atomic E-state index is 13.0. The molecule has 0 radical (unpaired) electrons. The van der Waals surface area contributed by atoms with Crippen molar-refractivity contribution in [1.82, 2.24) is 19.4 Å². The van der Waals surface area contributed by atoms with Crippen molar-refractivity contribution in [3.05, 3.63) is 27.9 Å². The molecule has 6 heteroatoms. The number of fused-ring (bicyclic) bond motifs is 2. The van der Waals surface area contributed by atoms with Gasteiger partial charge in [0.1, 0.15) is 5.82 Å². The fraction of sp³-hybridized carbons (Fsp3) is 0.792. The van der Waals surface area contributed by atoms with Crippen molar-refractivity contribution in [2.45, 2.75) is 76.7 Å². The third-order valence-corrected chi connectivity index (χ3v) is 8.08. The van der Waals surface area contributed by atoms with Gasteiger partial charge in [0.25, 0.3) is 5.56 Å². The summed E-state index contributed by atoms with van der Waals surface area (Å²) < 4.78 is 1.88. The molecule has 3 atom stereocenters. The highest BCUT2D eigenvalue weighted by molar-refractivity contribution is 5.78. The number of aryl methyl sites for hydroxylation is 1. The van der Waals surface area contributed by atoms with Gasteiger partial charge in [0.05, 0.1) is 12.2 Å². The van der Waals surface area contributed by atoms with E-state index in [4.69, 9.17) is 4.98 Å². The molecule has 2 saturated heterocycles. The highest BCUT2D eigenvalue weighted by Crippen LogP contribution is 2.36. The lowest BCUT2D eigenvalue weighted by Gasteiger charge is -2.41. The third kappa shape index (κ3) is 4.20. The molecule has 0 bridgehead atoms. The second-order valence-electron chi connectivity index (χ2n) is 10.1. The van der Waals surface area contributed by atoms with Crippen LogP contribution in [0.25, 0.3) is 0 Å². The average Bonchev–Trinajstić information content (AvgIpc) is 3.09. The van der Waals surface area contributed by atoms with Crippen LogP contribution in [0.2, 0.25) is 0 Å². The van der Waals surface area contributed by atoms with E-state index < -0.39 is 0 Å². The predicted octanol–water partition coefficient (Wildman–Crippen LogP) is 2.80. The van der Waals surface area contributed by atoms with Crippen LogP contribution >= 0.6 is 0 Å². The summed E-state index contributed by atoms with van der Waals surface area (Å²) in [5, 5.41) is 0. The zero-order valence-corrected chi connectivity index (χ0v) is 18.2. The molecule has 4 heterocycles. The van der Waals surface area contributed by atoms with Crippen LogP contribution in [0.1, 0.15) is 75.2 Å². The minimum absolute atomic E-state index is 0.113. The lowest BCUT2D eigenvalue weighted by atomic mass is 9.75. The van der Waals surface area contributed by atoms with Crippen LogP contribution in [0.4, 0.5) is 0 Å². The quantitative estimate of drug-likeness (QED) is 0.766. The number of likely N-dealkylation sites (tertiary alicyclic amines) is 2. The number of carbonyl (C=O) groups is 1. The first-order chi connectivity index (χ1) is 14.7. The van der Waals surface area contributed by atoms with Crippen molar-refractivity contribution in [2.24, 2.45) is 11.8 Å². The number of carbonyl (C=O) groups excluding carboxylic acids is 1. The van der Waals surface area contributed by atoms with Gasteiger partial charge < -0.3 is 4.90 Å². The van der Waals surface area contributed by atoms with Gasteiger partial charge in [-0.1, -0.05) is 25.7 Å². The maximum absolute atomic E-state index is 13.0. The second-order valence-corrected chi connectivity index (χ2v) is 10.1. The fourth-order valence-corrected chi connectivity index (χ4v) is 6.28. The van der Waals surface area contributed by atoms with Crippen molar-refractivity contribution in [2.75, 3.05) is 32.7 Å². The van der Waals surface area contributed by atoms with E-state index in [0.29, 0.717) is 12.5 Å². The van der Waals surface area contributed by atoms with E-state index in [1.807, 2.05) is 4.57 Å². The van der Waals surface area contributed by atoms with Crippen molar-refractivity contribution >= 4 is 5.91 Å². The van der Waals surface area contributed by atoms with Crippen molar-refractivity contribution in [3.8, 4) is 0 Å². The van der Waals surface area contributed by atoms with Crippen LogP contribution < -0.4 is 5.56 Å². The number of aromatic nitrogens is 2. The summed E-state index contributed by atoms with van der Waals surface area (Å²) in [6.07, 6.45) is 11.9. The minimum atomic E-state index is 0.113. The van der Waals surface area contributed by atoms with Crippen molar-refractivity contribution in [3.63, 3.8) is 0 Å². The minimum Gasteiger partial charge on any atom is -0.341 e. The first-order valence-corrected chi connectivity index (χ1v) is 12.3. The molecule has 1 amide bonds. The van der Waals surface area contributed by atoms with Crippen LogP contribution in [0.3, 0.4) is 0 Å². The molecule has 4 aliphatic rings. The highest BCUT2D eigenvalue weighted by atomic mass is 16.2. The summed E-state index contributed by atoms with van der Waals surface area (Å²) >= 11 is 0.